The monoisotopic (exact) mass is 259 g/mol. The molecule has 1 aliphatic heterocycles. The number of hydrogen-bond acceptors (Lipinski definition) is 3. The van der Waals surface area contributed by atoms with Gasteiger partial charge in [-0.15, -0.1) is 0 Å². The summed E-state index contributed by atoms with van der Waals surface area (Å²) in [4.78, 5) is 10.8. The summed E-state index contributed by atoms with van der Waals surface area (Å²) >= 11 is 6.19. The number of aromatic nitrogens is 2. The molecular formula is C14H14ClN3. The van der Waals surface area contributed by atoms with Crippen LogP contribution in [0.5, 0.6) is 0 Å². The zero-order chi connectivity index (χ0) is 12.4. The van der Waals surface area contributed by atoms with Crippen LogP contribution in [-0.2, 0) is 19.5 Å². The van der Waals surface area contributed by atoms with Crippen LogP contribution >= 0.6 is 11.6 Å². The zero-order valence-electron chi connectivity index (χ0n) is 10.0. The van der Waals surface area contributed by atoms with Crippen LogP contribution in [0.2, 0.25) is 5.02 Å². The van der Waals surface area contributed by atoms with Crippen LogP contribution in [0.15, 0.2) is 36.8 Å². The molecule has 0 atom stereocenters. The minimum absolute atomic E-state index is 0.839. The van der Waals surface area contributed by atoms with Crippen LogP contribution in [0, 0.1) is 0 Å². The van der Waals surface area contributed by atoms with E-state index in [1.54, 1.807) is 6.33 Å². The highest BCUT2D eigenvalue weighted by Gasteiger charge is 2.17. The molecule has 0 radical (unpaired) electrons. The van der Waals surface area contributed by atoms with Crippen LogP contribution in [0.3, 0.4) is 0 Å². The third-order valence-corrected chi connectivity index (χ3v) is 3.67. The molecule has 1 aromatic carbocycles. The van der Waals surface area contributed by atoms with E-state index >= 15 is 0 Å². The Morgan fingerprint density at radius 2 is 2.17 bits per heavy atom. The quantitative estimate of drug-likeness (QED) is 0.830. The summed E-state index contributed by atoms with van der Waals surface area (Å²) in [7, 11) is 0. The largest absolute Gasteiger partial charge is 0.293 e. The standard InChI is InChI=1S/C14H14ClN3/c15-13-4-2-1-3-12(13)8-18-6-5-11-7-16-10-17-14(11)9-18/h1-4,7,10H,5-6,8-9H2. The summed E-state index contributed by atoms with van der Waals surface area (Å²) in [5.74, 6) is 0. The molecular weight excluding hydrogens is 246 g/mol. The number of fused-ring (bicyclic) bond motifs is 1. The summed E-state index contributed by atoms with van der Waals surface area (Å²) in [5.41, 5.74) is 3.59. The van der Waals surface area contributed by atoms with E-state index in [9.17, 15) is 0 Å². The van der Waals surface area contributed by atoms with E-state index in [0.29, 0.717) is 0 Å². The first-order valence-corrected chi connectivity index (χ1v) is 6.44. The Labute approximate surface area is 111 Å². The van der Waals surface area contributed by atoms with Gasteiger partial charge in [0.25, 0.3) is 0 Å². The molecule has 1 aliphatic rings. The van der Waals surface area contributed by atoms with Crippen molar-refractivity contribution >= 4 is 11.6 Å². The van der Waals surface area contributed by atoms with E-state index < -0.39 is 0 Å². The average Bonchev–Trinajstić information content (AvgIpc) is 2.41. The van der Waals surface area contributed by atoms with Crippen molar-refractivity contribution in [1.29, 1.82) is 0 Å². The first-order valence-electron chi connectivity index (χ1n) is 6.06. The van der Waals surface area contributed by atoms with Crippen LogP contribution in [0.25, 0.3) is 0 Å². The van der Waals surface area contributed by atoms with Crippen LogP contribution < -0.4 is 0 Å². The van der Waals surface area contributed by atoms with Crippen molar-refractivity contribution < 1.29 is 0 Å². The molecule has 0 saturated heterocycles. The topological polar surface area (TPSA) is 29.0 Å². The highest BCUT2D eigenvalue weighted by molar-refractivity contribution is 6.31. The van der Waals surface area contributed by atoms with Gasteiger partial charge in [-0.1, -0.05) is 29.8 Å². The number of halogens is 1. The summed E-state index contributed by atoms with van der Waals surface area (Å²) in [6, 6.07) is 8.01. The van der Waals surface area contributed by atoms with Crippen LogP contribution in [0.4, 0.5) is 0 Å². The zero-order valence-corrected chi connectivity index (χ0v) is 10.8. The van der Waals surface area contributed by atoms with Gasteiger partial charge >= 0.3 is 0 Å². The van der Waals surface area contributed by atoms with E-state index in [1.165, 1.54) is 11.1 Å². The van der Waals surface area contributed by atoms with Gasteiger partial charge in [0.05, 0.1) is 5.69 Å². The predicted molar refractivity (Wildman–Crippen MR) is 71.3 cm³/mol. The molecule has 1 aromatic heterocycles. The number of rotatable bonds is 2. The number of benzene rings is 1. The highest BCUT2D eigenvalue weighted by Crippen LogP contribution is 2.21. The third kappa shape index (κ3) is 2.37. The minimum atomic E-state index is 0.839. The fraction of sp³-hybridized carbons (Fsp3) is 0.286. The Balaban J connectivity index is 1.75. The summed E-state index contributed by atoms with van der Waals surface area (Å²) in [6.07, 6.45) is 4.56. The fourth-order valence-corrected chi connectivity index (χ4v) is 2.50. The van der Waals surface area contributed by atoms with Crippen molar-refractivity contribution in [3.63, 3.8) is 0 Å². The first kappa shape index (κ1) is 11.6. The third-order valence-electron chi connectivity index (χ3n) is 3.30. The first-order chi connectivity index (χ1) is 8.83. The second kappa shape index (κ2) is 5.04. The normalized spacial score (nSPS) is 15.4. The molecule has 2 aromatic rings. The predicted octanol–water partition coefficient (Wildman–Crippen LogP) is 2.69. The van der Waals surface area contributed by atoms with E-state index in [0.717, 1.165) is 36.8 Å². The van der Waals surface area contributed by atoms with Gasteiger partial charge in [-0.3, -0.25) is 4.90 Å². The maximum Gasteiger partial charge on any atom is 0.115 e. The molecule has 92 valence electrons. The van der Waals surface area contributed by atoms with Crippen molar-refractivity contribution in [3.8, 4) is 0 Å². The van der Waals surface area contributed by atoms with Crippen molar-refractivity contribution in [3.05, 3.63) is 58.6 Å². The molecule has 3 nitrogen and oxygen atoms in total. The Kier molecular flexibility index (Phi) is 3.26. The molecule has 0 bridgehead atoms. The Hall–Kier alpha value is -1.45. The Morgan fingerprint density at radius 3 is 3.06 bits per heavy atom. The van der Waals surface area contributed by atoms with Gasteiger partial charge < -0.3 is 0 Å². The molecule has 0 aliphatic carbocycles. The van der Waals surface area contributed by atoms with Crippen molar-refractivity contribution in [2.45, 2.75) is 19.5 Å². The van der Waals surface area contributed by atoms with Crippen molar-refractivity contribution in [1.82, 2.24) is 14.9 Å². The Bertz CT molecular complexity index is 556. The van der Waals surface area contributed by atoms with Crippen LogP contribution in [0.1, 0.15) is 16.8 Å². The molecule has 0 unspecified atom stereocenters. The van der Waals surface area contributed by atoms with E-state index in [-0.39, 0.29) is 0 Å². The minimum Gasteiger partial charge on any atom is -0.293 e. The summed E-state index contributed by atoms with van der Waals surface area (Å²) in [6.45, 7) is 2.79. The van der Waals surface area contributed by atoms with Gasteiger partial charge in [0.15, 0.2) is 0 Å². The lowest BCUT2D eigenvalue weighted by Crippen LogP contribution is -2.30. The van der Waals surface area contributed by atoms with Crippen molar-refractivity contribution in [2.24, 2.45) is 0 Å². The van der Waals surface area contributed by atoms with E-state index in [4.69, 9.17) is 11.6 Å². The lowest BCUT2D eigenvalue weighted by atomic mass is 10.1. The molecule has 18 heavy (non-hydrogen) atoms. The average molecular weight is 260 g/mol. The van der Waals surface area contributed by atoms with Gasteiger partial charge in [-0.2, -0.15) is 0 Å². The van der Waals surface area contributed by atoms with Crippen molar-refractivity contribution in [2.75, 3.05) is 6.54 Å². The fourth-order valence-electron chi connectivity index (χ4n) is 2.31. The molecule has 0 N–H and O–H groups in total. The van der Waals surface area contributed by atoms with Gasteiger partial charge in [0.1, 0.15) is 6.33 Å². The second-order valence-electron chi connectivity index (χ2n) is 4.55. The van der Waals surface area contributed by atoms with Gasteiger partial charge in [0, 0.05) is 30.9 Å². The second-order valence-corrected chi connectivity index (χ2v) is 4.95. The van der Waals surface area contributed by atoms with Gasteiger partial charge in [0.2, 0.25) is 0 Å². The lowest BCUT2D eigenvalue weighted by Gasteiger charge is -2.27. The van der Waals surface area contributed by atoms with E-state index in [1.807, 2.05) is 24.4 Å². The SMILES string of the molecule is Clc1ccccc1CN1CCc2cncnc2C1. The smallest absolute Gasteiger partial charge is 0.115 e. The van der Waals surface area contributed by atoms with Gasteiger partial charge in [-0.25, -0.2) is 9.97 Å². The molecule has 0 spiro atoms. The summed E-state index contributed by atoms with van der Waals surface area (Å²) in [5, 5.41) is 0.839. The van der Waals surface area contributed by atoms with E-state index in [2.05, 4.69) is 20.9 Å². The van der Waals surface area contributed by atoms with Gasteiger partial charge in [-0.05, 0) is 23.6 Å². The molecule has 0 fully saturated rings. The Morgan fingerprint density at radius 1 is 1.28 bits per heavy atom. The highest BCUT2D eigenvalue weighted by atomic mass is 35.5. The number of hydrogen-bond donors (Lipinski definition) is 0. The molecule has 0 saturated carbocycles. The molecule has 4 heteroatoms. The van der Waals surface area contributed by atoms with Crippen LogP contribution in [-0.4, -0.2) is 21.4 Å². The summed E-state index contributed by atoms with van der Waals surface area (Å²) < 4.78 is 0. The molecule has 2 heterocycles. The lowest BCUT2D eigenvalue weighted by molar-refractivity contribution is 0.241. The molecule has 3 rings (SSSR count). The number of nitrogens with zero attached hydrogens (tertiary/aromatic N) is 3. The maximum atomic E-state index is 6.19. The molecule has 0 amide bonds. The maximum absolute atomic E-state index is 6.19.